The van der Waals surface area contributed by atoms with E-state index >= 15 is 0 Å². The van der Waals surface area contributed by atoms with E-state index in [0.717, 1.165) is 11.5 Å². The molecule has 7 nitrogen and oxygen atoms in total. The van der Waals surface area contributed by atoms with Crippen molar-refractivity contribution in [1.29, 1.82) is 0 Å². The molecule has 78 valence electrons. The lowest BCUT2D eigenvalue weighted by Crippen LogP contribution is -2.11. The SMILES string of the molecule is Cc1nccnc1NC(C)c1nn[nH]n1. The van der Waals surface area contributed by atoms with Crippen molar-refractivity contribution in [2.75, 3.05) is 5.32 Å². The molecule has 1 unspecified atom stereocenters. The van der Waals surface area contributed by atoms with Crippen LogP contribution < -0.4 is 5.32 Å². The van der Waals surface area contributed by atoms with Crippen molar-refractivity contribution in [2.24, 2.45) is 0 Å². The minimum atomic E-state index is -0.0563. The average Bonchev–Trinajstić information content (AvgIpc) is 2.74. The fraction of sp³-hybridized carbons (Fsp3) is 0.375. The van der Waals surface area contributed by atoms with Crippen LogP contribution in [0.3, 0.4) is 0 Å². The Balaban J connectivity index is 2.13. The number of aromatic amines is 1. The predicted octanol–water partition coefficient (Wildman–Crippen LogP) is 0.471. The number of anilines is 1. The van der Waals surface area contributed by atoms with Gasteiger partial charge < -0.3 is 5.32 Å². The van der Waals surface area contributed by atoms with Crippen molar-refractivity contribution in [3.05, 3.63) is 23.9 Å². The van der Waals surface area contributed by atoms with Crippen LogP contribution in [0, 0.1) is 6.92 Å². The first-order valence-electron chi connectivity index (χ1n) is 4.55. The fourth-order valence-corrected chi connectivity index (χ4v) is 1.17. The molecule has 0 amide bonds. The summed E-state index contributed by atoms with van der Waals surface area (Å²) in [6.45, 7) is 3.82. The first-order valence-corrected chi connectivity index (χ1v) is 4.55. The summed E-state index contributed by atoms with van der Waals surface area (Å²) in [5, 5.41) is 16.8. The Morgan fingerprint density at radius 2 is 2.13 bits per heavy atom. The first kappa shape index (κ1) is 9.50. The van der Waals surface area contributed by atoms with E-state index < -0.39 is 0 Å². The molecule has 1 atom stereocenters. The van der Waals surface area contributed by atoms with E-state index in [1.165, 1.54) is 0 Å². The molecule has 7 heteroatoms. The molecule has 0 spiro atoms. The minimum Gasteiger partial charge on any atom is -0.359 e. The Labute approximate surface area is 86.3 Å². The first-order chi connectivity index (χ1) is 7.27. The normalized spacial score (nSPS) is 12.4. The third-order valence-electron chi connectivity index (χ3n) is 1.98. The van der Waals surface area contributed by atoms with Gasteiger partial charge in [-0.05, 0) is 13.8 Å². The van der Waals surface area contributed by atoms with E-state index in [0.29, 0.717) is 5.82 Å². The van der Waals surface area contributed by atoms with Gasteiger partial charge in [0.15, 0.2) is 5.82 Å². The summed E-state index contributed by atoms with van der Waals surface area (Å²) in [4.78, 5) is 8.29. The molecule has 0 aliphatic heterocycles. The van der Waals surface area contributed by atoms with E-state index in [1.807, 2.05) is 13.8 Å². The molecular weight excluding hydrogens is 194 g/mol. The van der Waals surface area contributed by atoms with E-state index in [-0.39, 0.29) is 6.04 Å². The van der Waals surface area contributed by atoms with Crippen LogP contribution in [0.4, 0.5) is 5.82 Å². The van der Waals surface area contributed by atoms with Crippen LogP contribution in [0.1, 0.15) is 24.5 Å². The van der Waals surface area contributed by atoms with E-state index in [9.17, 15) is 0 Å². The summed E-state index contributed by atoms with van der Waals surface area (Å²) >= 11 is 0. The zero-order chi connectivity index (χ0) is 10.7. The molecule has 2 aromatic heterocycles. The van der Waals surface area contributed by atoms with Gasteiger partial charge in [-0.1, -0.05) is 5.21 Å². The lowest BCUT2D eigenvalue weighted by atomic mass is 10.3. The molecule has 0 aliphatic carbocycles. The number of nitrogens with one attached hydrogen (secondary N) is 2. The van der Waals surface area contributed by atoms with Gasteiger partial charge >= 0.3 is 0 Å². The van der Waals surface area contributed by atoms with Gasteiger partial charge in [-0.2, -0.15) is 5.21 Å². The van der Waals surface area contributed by atoms with Gasteiger partial charge in [-0.25, -0.2) is 4.98 Å². The molecule has 0 bridgehead atoms. The molecule has 0 saturated heterocycles. The van der Waals surface area contributed by atoms with E-state index in [2.05, 4.69) is 35.9 Å². The molecule has 0 radical (unpaired) electrons. The molecule has 0 aromatic carbocycles. The Bertz CT molecular complexity index is 424. The third kappa shape index (κ3) is 2.06. The lowest BCUT2D eigenvalue weighted by molar-refractivity contribution is 0.784. The highest BCUT2D eigenvalue weighted by atomic mass is 15.5. The summed E-state index contributed by atoms with van der Waals surface area (Å²) in [5.74, 6) is 1.33. The molecular formula is C8H11N7. The van der Waals surface area contributed by atoms with Crippen LogP contribution in [-0.2, 0) is 0 Å². The molecule has 2 N–H and O–H groups in total. The van der Waals surface area contributed by atoms with Crippen LogP contribution in [0.5, 0.6) is 0 Å². The van der Waals surface area contributed by atoms with E-state index in [4.69, 9.17) is 0 Å². The Hall–Kier alpha value is -2.05. The minimum absolute atomic E-state index is 0.0563. The van der Waals surface area contributed by atoms with E-state index in [1.54, 1.807) is 12.4 Å². The zero-order valence-electron chi connectivity index (χ0n) is 8.47. The fourth-order valence-electron chi connectivity index (χ4n) is 1.17. The van der Waals surface area contributed by atoms with Gasteiger partial charge in [0.05, 0.1) is 11.7 Å². The number of rotatable bonds is 3. The van der Waals surface area contributed by atoms with Gasteiger partial charge in [0.1, 0.15) is 5.82 Å². The van der Waals surface area contributed by atoms with Crippen molar-refractivity contribution in [3.63, 3.8) is 0 Å². The Kier molecular flexibility index (Phi) is 2.53. The van der Waals surface area contributed by atoms with Gasteiger partial charge in [0.25, 0.3) is 0 Å². The number of tetrazole rings is 1. The predicted molar refractivity (Wildman–Crippen MR) is 53.0 cm³/mol. The molecule has 15 heavy (non-hydrogen) atoms. The topological polar surface area (TPSA) is 92.3 Å². The standard InChI is InChI=1S/C8H11N7/c1-5-7(10-4-3-9-5)11-6(2)8-12-14-15-13-8/h3-4,6H,1-2H3,(H,10,11)(H,12,13,14,15). The second kappa shape index (κ2) is 3.99. The largest absolute Gasteiger partial charge is 0.359 e. The van der Waals surface area contributed by atoms with Crippen molar-refractivity contribution >= 4 is 5.82 Å². The van der Waals surface area contributed by atoms with Crippen molar-refractivity contribution < 1.29 is 0 Å². The smallest absolute Gasteiger partial charge is 0.196 e. The quantitative estimate of drug-likeness (QED) is 0.756. The summed E-state index contributed by atoms with van der Waals surface area (Å²) in [6, 6.07) is -0.0563. The number of hydrogen-bond donors (Lipinski definition) is 2. The van der Waals surface area contributed by atoms with Gasteiger partial charge in [0.2, 0.25) is 0 Å². The summed E-state index contributed by atoms with van der Waals surface area (Å²) in [5.41, 5.74) is 0.841. The number of aromatic nitrogens is 6. The number of aryl methyl sites for hydroxylation is 1. The van der Waals surface area contributed by atoms with Gasteiger partial charge in [-0.15, -0.1) is 10.2 Å². The Morgan fingerprint density at radius 1 is 1.33 bits per heavy atom. The molecule has 0 fully saturated rings. The molecule has 2 aromatic rings. The van der Waals surface area contributed by atoms with Crippen molar-refractivity contribution in [2.45, 2.75) is 19.9 Å². The number of hydrogen-bond acceptors (Lipinski definition) is 6. The molecule has 2 rings (SSSR count). The molecule has 0 saturated carbocycles. The summed E-state index contributed by atoms with van der Waals surface area (Å²) in [7, 11) is 0. The maximum atomic E-state index is 4.17. The molecule has 2 heterocycles. The Morgan fingerprint density at radius 3 is 2.80 bits per heavy atom. The maximum absolute atomic E-state index is 4.17. The number of nitrogens with zero attached hydrogens (tertiary/aromatic N) is 5. The van der Waals surface area contributed by atoms with Crippen LogP contribution in [-0.4, -0.2) is 30.6 Å². The van der Waals surface area contributed by atoms with Crippen molar-refractivity contribution in [1.82, 2.24) is 30.6 Å². The third-order valence-corrected chi connectivity index (χ3v) is 1.98. The van der Waals surface area contributed by atoms with Crippen LogP contribution in [0.2, 0.25) is 0 Å². The van der Waals surface area contributed by atoms with Crippen LogP contribution in [0.25, 0.3) is 0 Å². The second-order valence-electron chi connectivity index (χ2n) is 3.13. The average molecular weight is 205 g/mol. The lowest BCUT2D eigenvalue weighted by Gasteiger charge is -2.11. The highest BCUT2D eigenvalue weighted by Gasteiger charge is 2.11. The monoisotopic (exact) mass is 205 g/mol. The second-order valence-corrected chi connectivity index (χ2v) is 3.13. The zero-order valence-corrected chi connectivity index (χ0v) is 8.47. The number of H-pyrrole nitrogens is 1. The highest BCUT2D eigenvalue weighted by molar-refractivity contribution is 5.39. The summed E-state index contributed by atoms with van der Waals surface area (Å²) in [6.07, 6.45) is 3.29. The molecule has 0 aliphatic rings. The van der Waals surface area contributed by atoms with Gasteiger partial charge in [0, 0.05) is 12.4 Å². The van der Waals surface area contributed by atoms with Crippen molar-refractivity contribution in [3.8, 4) is 0 Å². The summed E-state index contributed by atoms with van der Waals surface area (Å²) < 4.78 is 0. The van der Waals surface area contributed by atoms with Crippen LogP contribution >= 0.6 is 0 Å². The van der Waals surface area contributed by atoms with Crippen LogP contribution in [0.15, 0.2) is 12.4 Å². The highest BCUT2D eigenvalue weighted by Crippen LogP contribution is 2.14. The maximum Gasteiger partial charge on any atom is 0.196 e. The van der Waals surface area contributed by atoms with Gasteiger partial charge in [-0.3, -0.25) is 4.98 Å².